The van der Waals surface area contributed by atoms with Crippen molar-refractivity contribution in [3.8, 4) is 0 Å². The zero-order valence-electron chi connectivity index (χ0n) is 11.6. The summed E-state index contributed by atoms with van der Waals surface area (Å²) in [7, 11) is 2.14. The number of nitrogen functional groups attached to an aromatic ring is 1. The lowest BCUT2D eigenvalue weighted by molar-refractivity contribution is 0.260. The molecule has 2 heterocycles. The molecule has 3 rings (SSSR count). The van der Waals surface area contributed by atoms with Gasteiger partial charge in [0.05, 0.1) is 5.52 Å². The number of imidazole rings is 1. The van der Waals surface area contributed by atoms with Crippen LogP contribution in [0.3, 0.4) is 0 Å². The monoisotopic (exact) mass is 272 g/mol. The van der Waals surface area contributed by atoms with Gasteiger partial charge in [-0.05, 0) is 38.6 Å². The van der Waals surface area contributed by atoms with Crippen LogP contribution >= 0.6 is 0 Å². The number of hydrogen-bond donors (Lipinski definition) is 4. The molecule has 1 aliphatic rings. The third kappa shape index (κ3) is 2.46. The fourth-order valence-electron chi connectivity index (χ4n) is 2.80. The molecule has 0 aliphatic carbocycles. The van der Waals surface area contributed by atoms with Gasteiger partial charge >= 0.3 is 0 Å². The van der Waals surface area contributed by atoms with Crippen LogP contribution in [-0.4, -0.2) is 46.9 Å². The number of nitrogens with one attached hydrogen (secondary N) is 3. The molecule has 0 saturated carbocycles. The molecule has 1 fully saturated rings. The Morgan fingerprint density at radius 2 is 2.40 bits per heavy atom. The Morgan fingerprint density at radius 3 is 3.15 bits per heavy atom. The number of rotatable bonds is 3. The summed E-state index contributed by atoms with van der Waals surface area (Å²) < 4.78 is 0. The number of likely N-dealkylation sites (tertiary alicyclic amines) is 1. The van der Waals surface area contributed by atoms with Crippen molar-refractivity contribution in [2.45, 2.75) is 18.9 Å². The first-order chi connectivity index (χ1) is 9.63. The van der Waals surface area contributed by atoms with Gasteiger partial charge in [-0.25, -0.2) is 4.98 Å². The maximum atomic E-state index is 7.60. The second kappa shape index (κ2) is 5.13. The highest BCUT2D eigenvalue weighted by Gasteiger charge is 2.18. The Bertz CT molecular complexity index is 632. The van der Waals surface area contributed by atoms with Gasteiger partial charge in [-0.15, -0.1) is 0 Å². The van der Waals surface area contributed by atoms with Crippen molar-refractivity contribution in [2.24, 2.45) is 5.73 Å². The van der Waals surface area contributed by atoms with Crippen molar-refractivity contribution in [2.75, 3.05) is 25.5 Å². The molecule has 1 aromatic carbocycles. The lowest BCUT2D eigenvalue weighted by Gasteiger charge is -2.29. The van der Waals surface area contributed by atoms with Crippen molar-refractivity contribution in [3.63, 3.8) is 0 Å². The summed E-state index contributed by atoms with van der Waals surface area (Å²) in [6.07, 6.45) is 2.36. The van der Waals surface area contributed by atoms with Crippen LogP contribution in [-0.2, 0) is 0 Å². The molecule has 0 radical (unpaired) electrons. The summed E-state index contributed by atoms with van der Waals surface area (Å²) in [5.41, 5.74) is 7.93. The van der Waals surface area contributed by atoms with Gasteiger partial charge in [0.15, 0.2) is 0 Å². The lowest BCUT2D eigenvalue weighted by Crippen LogP contribution is -2.39. The first-order valence-electron chi connectivity index (χ1n) is 6.91. The molecule has 2 aromatic rings. The van der Waals surface area contributed by atoms with E-state index in [1.54, 1.807) is 0 Å². The van der Waals surface area contributed by atoms with E-state index in [-0.39, 0.29) is 5.84 Å². The molecule has 1 aromatic heterocycles. The minimum Gasteiger partial charge on any atom is -0.384 e. The second-order valence-electron chi connectivity index (χ2n) is 5.45. The molecule has 1 aliphatic heterocycles. The fraction of sp³-hybridized carbons (Fsp3) is 0.429. The Labute approximate surface area is 117 Å². The SMILES string of the molecule is CN1CCCC(Nc2nc3c(C(=N)N)cccc3[nH]2)C1. The molecule has 106 valence electrons. The number of para-hydroxylation sites is 1. The topological polar surface area (TPSA) is 93.8 Å². The summed E-state index contributed by atoms with van der Waals surface area (Å²) in [5, 5.41) is 11.1. The van der Waals surface area contributed by atoms with Crippen LogP contribution in [0.1, 0.15) is 18.4 Å². The van der Waals surface area contributed by atoms with E-state index in [0.717, 1.165) is 36.5 Å². The molecule has 0 spiro atoms. The van der Waals surface area contributed by atoms with Crippen LogP contribution in [0.2, 0.25) is 0 Å². The summed E-state index contributed by atoms with van der Waals surface area (Å²) in [5.74, 6) is 0.806. The summed E-state index contributed by atoms with van der Waals surface area (Å²) >= 11 is 0. The van der Waals surface area contributed by atoms with Gasteiger partial charge in [-0.1, -0.05) is 6.07 Å². The Hall–Kier alpha value is -2.08. The Balaban J connectivity index is 1.85. The first-order valence-corrected chi connectivity index (χ1v) is 6.91. The molecule has 20 heavy (non-hydrogen) atoms. The highest BCUT2D eigenvalue weighted by atomic mass is 15.2. The zero-order chi connectivity index (χ0) is 14.1. The van der Waals surface area contributed by atoms with Crippen LogP contribution in [0, 0.1) is 5.41 Å². The van der Waals surface area contributed by atoms with Gasteiger partial charge in [-0.2, -0.15) is 0 Å². The normalized spacial score (nSPS) is 20.1. The molecule has 1 atom stereocenters. The molecule has 6 heteroatoms. The lowest BCUT2D eigenvalue weighted by atomic mass is 10.1. The van der Waals surface area contributed by atoms with Crippen LogP contribution in [0.15, 0.2) is 18.2 Å². The van der Waals surface area contributed by atoms with Gasteiger partial charge in [-0.3, -0.25) is 5.41 Å². The number of nitrogens with zero attached hydrogens (tertiary/aromatic N) is 2. The number of likely N-dealkylation sites (N-methyl/N-ethyl adjacent to an activating group) is 1. The van der Waals surface area contributed by atoms with Crippen molar-refractivity contribution >= 4 is 22.8 Å². The quantitative estimate of drug-likeness (QED) is 0.501. The van der Waals surface area contributed by atoms with Crippen LogP contribution in [0.4, 0.5) is 5.95 Å². The highest BCUT2D eigenvalue weighted by Crippen LogP contribution is 2.20. The minimum atomic E-state index is 0.0473. The van der Waals surface area contributed by atoms with Crippen molar-refractivity contribution in [3.05, 3.63) is 23.8 Å². The van der Waals surface area contributed by atoms with Gasteiger partial charge in [0.25, 0.3) is 0 Å². The van der Waals surface area contributed by atoms with Gasteiger partial charge in [0.1, 0.15) is 11.4 Å². The molecule has 6 nitrogen and oxygen atoms in total. The van der Waals surface area contributed by atoms with E-state index >= 15 is 0 Å². The standard InChI is InChI=1S/C14H20N6/c1-20-7-3-4-9(8-20)17-14-18-11-6-2-5-10(13(15)16)12(11)19-14/h2,5-6,9H,3-4,7-8H2,1H3,(H3,15,16)(H2,17,18,19). The molecular formula is C14H20N6. The number of aromatic nitrogens is 2. The van der Waals surface area contributed by atoms with E-state index in [2.05, 4.69) is 27.2 Å². The van der Waals surface area contributed by atoms with Crippen LogP contribution in [0.25, 0.3) is 11.0 Å². The smallest absolute Gasteiger partial charge is 0.201 e. The minimum absolute atomic E-state index is 0.0473. The maximum Gasteiger partial charge on any atom is 0.201 e. The number of nitrogens with two attached hydrogens (primary N) is 1. The van der Waals surface area contributed by atoms with Crippen molar-refractivity contribution < 1.29 is 0 Å². The fourth-order valence-corrected chi connectivity index (χ4v) is 2.80. The van der Waals surface area contributed by atoms with Gasteiger partial charge in [0.2, 0.25) is 5.95 Å². The molecule has 5 N–H and O–H groups in total. The number of fused-ring (bicyclic) bond motifs is 1. The van der Waals surface area contributed by atoms with Gasteiger partial charge < -0.3 is 20.9 Å². The number of aromatic amines is 1. The van der Waals surface area contributed by atoms with E-state index in [9.17, 15) is 0 Å². The summed E-state index contributed by atoms with van der Waals surface area (Å²) in [4.78, 5) is 10.1. The van der Waals surface area contributed by atoms with E-state index in [1.807, 2.05) is 18.2 Å². The number of benzene rings is 1. The number of hydrogen-bond acceptors (Lipinski definition) is 4. The third-order valence-corrected chi connectivity index (χ3v) is 3.77. The number of amidine groups is 1. The van der Waals surface area contributed by atoms with Crippen molar-refractivity contribution in [1.82, 2.24) is 14.9 Å². The number of H-pyrrole nitrogens is 1. The predicted octanol–water partition coefficient (Wildman–Crippen LogP) is 1.35. The first kappa shape index (κ1) is 12.9. The number of piperidine rings is 1. The predicted molar refractivity (Wildman–Crippen MR) is 81.3 cm³/mol. The van der Waals surface area contributed by atoms with E-state index in [0.29, 0.717) is 11.6 Å². The highest BCUT2D eigenvalue weighted by molar-refractivity contribution is 6.05. The van der Waals surface area contributed by atoms with E-state index < -0.39 is 0 Å². The maximum absolute atomic E-state index is 7.60. The average Bonchev–Trinajstić information content (AvgIpc) is 2.80. The van der Waals surface area contributed by atoms with Crippen LogP contribution in [0.5, 0.6) is 0 Å². The third-order valence-electron chi connectivity index (χ3n) is 3.77. The Kier molecular flexibility index (Phi) is 3.31. The molecule has 0 amide bonds. The summed E-state index contributed by atoms with van der Waals surface area (Å²) in [6, 6.07) is 6.07. The van der Waals surface area contributed by atoms with Crippen LogP contribution < -0.4 is 11.1 Å². The second-order valence-corrected chi connectivity index (χ2v) is 5.45. The molecule has 1 saturated heterocycles. The van der Waals surface area contributed by atoms with Gasteiger partial charge in [0, 0.05) is 18.2 Å². The summed E-state index contributed by atoms with van der Waals surface area (Å²) in [6.45, 7) is 2.18. The van der Waals surface area contributed by atoms with Crippen molar-refractivity contribution in [1.29, 1.82) is 5.41 Å². The Morgan fingerprint density at radius 1 is 1.55 bits per heavy atom. The average molecular weight is 272 g/mol. The van der Waals surface area contributed by atoms with E-state index in [1.165, 1.54) is 6.42 Å². The largest absolute Gasteiger partial charge is 0.384 e. The number of anilines is 1. The molecule has 0 bridgehead atoms. The molecular weight excluding hydrogens is 252 g/mol. The zero-order valence-corrected chi connectivity index (χ0v) is 11.6. The van der Waals surface area contributed by atoms with E-state index in [4.69, 9.17) is 11.1 Å². The molecule has 1 unspecified atom stereocenters.